The fraction of sp³-hybridized carbons (Fsp3) is 0.222. The molecule has 0 aliphatic heterocycles. The van der Waals surface area contributed by atoms with Crippen LogP contribution in [0.2, 0.25) is 0 Å². The molecule has 0 radical (unpaired) electrons. The fourth-order valence-electron chi connectivity index (χ4n) is 5.61. The topological polar surface area (TPSA) is 168 Å². The summed E-state index contributed by atoms with van der Waals surface area (Å²) >= 11 is 0. The van der Waals surface area contributed by atoms with Gasteiger partial charge in [0.2, 0.25) is 0 Å². The van der Waals surface area contributed by atoms with Crippen molar-refractivity contribution in [1.29, 1.82) is 0 Å². The van der Waals surface area contributed by atoms with Gasteiger partial charge in [-0.15, -0.1) is 0 Å². The maximum absolute atomic E-state index is 13.6. The molecule has 0 saturated heterocycles. The van der Waals surface area contributed by atoms with Crippen LogP contribution in [0.5, 0.6) is 0 Å². The summed E-state index contributed by atoms with van der Waals surface area (Å²) in [4.78, 5) is 60.5. The molecule has 0 aliphatic rings. The lowest BCUT2D eigenvalue weighted by Crippen LogP contribution is -2.15. The van der Waals surface area contributed by atoms with Crippen LogP contribution in [0, 0.1) is 13.8 Å². The number of aryl methyl sites for hydroxylation is 2. The third-order valence-electron chi connectivity index (χ3n) is 7.33. The van der Waals surface area contributed by atoms with E-state index in [0.29, 0.717) is 65.2 Å². The fourth-order valence-corrected chi connectivity index (χ4v) is 5.61. The zero-order chi connectivity index (χ0) is 33.9. The summed E-state index contributed by atoms with van der Waals surface area (Å²) in [6.07, 6.45) is 4.64. The van der Waals surface area contributed by atoms with E-state index in [9.17, 15) is 36.0 Å². The molecular formula is C36H38N2O8S2. The highest BCUT2D eigenvalue weighted by Crippen LogP contribution is 2.30. The Bertz CT molecular complexity index is 2660. The van der Waals surface area contributed by atoms with Gasteiger partial charge in [-0.3, -0.25) is 19.2 Å². The summed E-state index contributed by atoms with van der Waals surface area (Å²) in [5, 5.41) is 2.84. The summed E-state index contributed by atoms with van der Waals surface area (Å²) in [5.74, 6) is 0. The molecule has 1 heterocycles. The molecule has 0 fully saturated rings. The molecule has 0 aliphatic carbocycles. The first kappa shape index (κ1) is 37.5. The van der Waals surface area contributed by atoms with E-state index in [1.165, 1.54) is 0 Å². The van der Waals surface area contributed by atoms with E-state index in [-0.39, 0.29) is 36.6 Å². The van der Waals surface area contributed by atoms with Crippen molar-refractivity contribution in [3.05, 3.63) is 113 Å². The number of hydrogen-bond acceptors (Lipinski definition) is 8. The van der Waals surface area contributed by atoms with Gasteiger partial charge in [-0.25, -0.2) is 16.8 Å². The molecule has 0 saturated carbocycles. The Labute approximate surface area is 277 Å². The number of hydrogen-bond donors (Lipinski definition) is 2. The average Bonchev–Trinajstić information content (AvgIpc) is 2.96. The van der Waals surface area contributed by atoms with Crippen LogP contribution < -0.4 is 21.7 Å². The van der Waals surface area contributed by atoms with Crippen LogP contribution in [0.25, 0.3) is 65.2 Å². The van der Waals surface area contributed by atoms with Gasteiger partial charge in [-0.2, -0.15) is 0 Å². The molecular weight excluding hydrogens is 653 g/mol. The third-order valence-corrected chi connectivity index (χ3v) is 7.33. The molecule has 0 spiro atoms. The van der Waals surface area contributed by atoms with E-state index in [1.54, 1.807) is 60.7 Å². The quantitative estimate of drug-likeness (QED) is 0.159. The van der Waals surface area contributed by atoms with E-state index in [2.05, 4.69) is 9.97 Å². The maximum atomic E-state index is 13.6. The van der Waals surface area contributed by atoms with E-state index in [4.69, 9.17) is 0 Å². The largest absolute Gasteiger partial charge is 0.351 e. The number of sulfone groups is 2. The van der Waals surface area contributed by atoms with Crippen LogP contribution in [0.4, 0.5) is 0 Å². The number of aromatic amines is 2. The Kier molecular flexibility index (Phi) is 10.4. The van der Waals surface area contributed by atoms with Crippen molar-refractivity contribution in [2.24, 2.45) is 0 Å². The minimum Gasteiger partial charge on any atom is -0.351 e. The molecule has 2 N–H and O–H groups in total. The molecule has 1 aromatic heterocycles. The van der Waals surface area contributed by atoms with Gasteiger partial charge in [0.1, 0.15) is 19.7 Å². The van der Waals surface area contributed by atoms with E-state index < -0.39 is 19.7 Å². The highest BCUT2D eigenvalue weighted by atomic mass is 32.2. The Morgan fingerprint density at radius 1 is 0.438 bits per heavy atom. The van der Waals surface area contributed by atoms with Gasteiger partial charge in [0, 0.05) is 57.3 Å². The second-order valence-electron chi connectivity index (χ2n) is 11.7. The van der Waals surface area contributed by atoms with Crippen molar-refractivity contribution < 1.29 is 16.8 Å². The lowest BCUT2D eigenvalue weighted by Gasteiger charge is -2.14. The van der Waals surface area contributed by atoms with Crippen LogP contribution >= 0.6 is 0 Å². The minimum atomic E-state index is -2.67. The SMILES string of the molecule is C.C.CS(C)(=O)=O.CS(C)(=O)=O.Cc1cc2c(=O)c3ccccc3c(=O)c2c2[nH]c3c(C)cc4c(=O)c5ccccc5c(=O)c4c3[nH]c12. The summed E-state index contributed by atoms with van der Waals surface area (Å²) in [7, 11) is -5.33. The Hall–Kier alpha value is -4.94. The molecule has 10 nitrogen and oxygen atoms in total. The zero-order valence-corrected chi connectivity index (χ0v) is 27.5. The Morgan fingerprint density at radius 3 is 0.958 bits per heavy atom. The van der Waals surface area contributed by atoms with E-state index in [0.717, 1.165) is 36.1 Å². The second-order valence-corrected chi connectivity index (χ2v) is 16.2. The van der Waals surface area contributed by atoms with Crippen LogP contribution in [-0.4, -0.2) is 51.8 Å². The van der Waals surface area contributed by atoms with E-state index in [1.807, 2.05) is 13.8 Å². The second kappa shape index (κ2) is 13.3. The first-order valence-corrected chi connectivity index (χ1v) is 18.5. The summed E-state index contributed by atoms with van der Waals surface area (Å²) in [5.41, 5.74) is 2.85. The Morgan fingerprint density at radius 2 is 0.688 bits per heavy atom. The van der Waals surface area contributed by atoms with Crippen LogP contribution in [0.1, 0.15) is 26.0 Å². The molecule has 6 aromatic carbocycles. The number of rotatable bonds is 0. The van der Waals surface area contributed by atoms with Gasteiger partial charge in [0.15, 0.2) is 21.7 Å². The molecule has 0 atom stereocenters. The third kappa shape index (κ3) is 6.99. The maximum Gasteiger partial charge on any atom is 0.196 e. The molecule has 0 amide bonds. The highest BCUT2D eigenvalue weighted by Gasteiger charge is 2.19. The van der Waals surface area contributed by atoms with Gasteiger partial charge >= 0.3 is 0 Å². The van der Waals surface area contributed by atoms with E-state index >= 15 is 0 Å². The van der Waals surface area contributed by atoms with Crippen molar-refractivity contribution in [1.82, 2.24) is 9.97 Å². The molecule has 0 unspecified atom stereocenters. The summed E-state index contributed by atoms with van der Waals surface area (Å²) in [6, 6.07) is 17.1. The molecule has 48 heavy (non-hydrogen) atoms. The zero-order valence-electron chi connectivity index (χ0n) is 25.9. The van der Waals surface area contributed by atoms with Crippen LogP contribution in [-0.2, 0) is 19.7 Å². The number of benzene rings is 6. The number of nitrogens with one attached hydrogen (secondary N) is 2. The molecule has 7 aromatic rings. The van der Waals surface area contributed by atoms with Crippen LogP contribution in [0.3, 0.4) is 0 Å². The van der Waals surface area contributed by atoms with Gasteiger partial charge in [0.25, 0.3) is 0 Å². The molecule has 252 valence electrons. The molecule has 12 heteroatoms. The summed E-state index contributed by atoms with van der Waals surface area (Å²) in [6.45, 7) is 3.70. The number of H-pyrrole nitrogens is 2. The van der Waals surface area contributed by atoms with Crippen molar-refractivity contribution in [3.63, 3.8) is 0 Å². The predicted octanol–water partition coefficient (Wildman–Crippen LogP) is 5.35. The number of aromatic nitrogens is 2. The molecule has 0 bridgehead atoms. The predicted molar refractivity (Wildman–Crippen MR) is 201 cm³/mol. The smallest absolute Gasteiger partial charge is 0.196 e. The highest BCUT2D eigenvalue weighted by molar-refractivity contribution is 7.90. The lowest BCUT2D eigenvalue weighted by atomic mass is 9.97. The van der Waals surface area contributed by atoms with Gasteiger partial charge in [-0.1, -0.05) is 63.4 Å². The summed E-state index contributed by atoms with van der Waals surface area (Å²) < 4.78 is 38.5. The minimum absolute atomic E-state index is 0. The normalized spacial score (nSPS) is 11.5. The van der Waals surface area contributed by atoms with Crippen molar-refractivity contribution >= 4 is 84.8 Å². The first-order valence-electron chi connectivity index (χ1n) is 13.9. The van der Waals surface area contributed by atoms with Gasteiger partial charge < -0.3 is 9.97 Å². The average molecular weight is 691 g/mol. The van der Waals surface area contributed by atoms with Gasteiger partial charge in [-0.05, 0) is 37.1 Å². The monoisotopic (exact) mass is 690 g/mol. The van der Waals surface area contributed by atoms with Gasteiger partial charge in [0.05, 0.1) is 32.8 Å². The van der Waals surface area contributed by atoms with Crippen LogP contribution in [0.15, 0.2) is 79.8 Å². The van der Waals surface area contributed by atoms with Crippen molar-refractivity contribution in [2.45, 2.75) is 28.7 Å². The number of fused-ring (bicyclic) bond motifs is 8. The lowest BCUT2D eigenvalue weighted by molar-refractivity contribution is 0.605. The van der Waals surface area contributed by atoms with Crippen molar-refractivity contribution in [3.8, 4) is 0 Å². The Balaban J connectivity index is 0.000000461. The molecule has 7 rings (SSSR count). The van der Waals surface area contributed by atoms with Crippen molar-refractivity contribution in [2.75, 3.05) is 25.0 Å². The standard InChI is InChI=1S/C30H18N2O4.2C2H6O2S.2CH4/c1-13-11-19-21(29(35)17-9-5-3-7-15(17)27(19)33)25-23(13)31-26-22-20(12-14(2)24(26)32-25)28(34)16-8-4-6-10-18(16)30(22)36;2*1-5(2,3)4;;/h3-12,31-32H,1-2H3;2*1-2H3;2*1H4. The first-order chi connectivity index (χ1) is 21.4.